The van der Waals surface area contributed by atoms with Crippen LogP contribution >= 0.6 is 0 Å². The molecule has 1 amide bonds. The summed E-state index contributed by atoms with van der Waals surface area (Å²) < 4.78 is 4.96. The van der Waals surface area contributed by atoms with Gasteiger partial charge in [-0.15, -0.1) is 0 Å². The number of nitrogens with zero attached hydrogens (tertiary/aromatic N) is 1. The molecule has 3 rings (SSSR count). The Bertz CT molecular complexity index is 1010. The number of H-pyrrole nitrogens is 1. The average Bonchev–Trinajstić information content (AvgIpc) is 2.55. The molecule has 3 aromatic rings. The Morgan fingerprint density at radius 1 is 1.16 bits per heavy atom. The molecule has 126 valence electrons. The number of amides is 1. The Labute approximate surface area is 142 Å². The number of benzene rings is 2. The number of nitrogens with one attached hydrogen (secondary N) is 2. The number of aromatic nitrogens is 2. The van der Waals surface area contributed by atoms with E-state index < -0.39 is 17.4 Å². The molecule has 25 heavy (non-hydrogen) atoms. The number of carbonyl (C=O) groups excluding carboxylic acids is 2. The molecule has 0 fully saturated rings. The predicted molar refractivity (Wildman–Crippen MR) is 92.4 cm³/mol. The first-order valence-corrected chi connectivity index (χ1v) is 7.57. The van der Waals surface area contributed by atoms with E-state index >= 15 is 0 Å². The van der Waals surface area contributed by atoms with Crippen molar-refractivity contribution in [1.82, 2.24) is 9.97 Å². The average molecular weight is 337 g/mol. The number of hydrogen-bond acceptors (Lipinski definition) is 5. The lowest BCUT2D eigenvalue weighted by molar-refractivity contribution is -0.131. The van der Waals surface area contributed by atoms with Crippen molar-refractivity contribution in [2.45, 2.75) is 13.3 Å². The van der Waals surface area contributed by atoms with Gasteiger partial charge in [0, 0.05) is 18.7 Å². The van der Waals surface area contributed by atoms with Crippen LogP contribution in [0.3, 0.4) is 0 Å². The van der Waals surface area contributed by atoms with Gasteiger partial charge < -0.3 is 15.0 Å². The molecular weight excluding hydrogens is 322 g/mol. The van der Waals surface area contributed by atoms with Gasteiger partial charge in [-0.2, -0.15) is 0 Å². The van der Waals surface area contributed by atoms with Crippen molar-refractivity contribution < 1.29 is 14.3 Å². The fourth-order valence-electron chi connectivity index (χ4n) is 2.35. The van der Waals surface area contributed by atoms with Gasteiger partial charge in [0.25, 0.3) is 5.56 Å². The minimum Gasteiger partial charge on any atom is -0.427 e. The third kappa shape index (κ3) is 4.08. The first kappa shape index (κ1) is 16.4. The Morgan fingerprint density at radius 3 is 2.76 bits per heavy atom. The smallest absolute Gasteiger partial charge is 0.308 e. The summed E-state index contributed by atoms with van der Waals surface area (Å²) in [4.78, 5) is 42.2. The fraction of sp³-hybridized carbons (Fsp3) is 0.111. The van der Waals surface area contributed by atoms with E-state index in [0.717, 1.165) is 0 Å². The van der Waals surface area contributed by atoms with Gasteiger partial charge in [0.2, 0.25) is 5.91 Å². The van der Waals surface area contributed by atoms with Gasteiger partial charge in [0.05, 0.1) is 17.5 Å². The number of ether oxygens (including phenoxy) is 1. The van der Waals surface area contributed by atoms with E-state index in [1.807, 2.05) is 0 Å². The van der Waals surface area contributed by atoms with Gasteiger partial charge >= 0.3 is 5.97 Å². The van der Waals surface area contributed by atoms with Gasteiger partial charge in [-0.3, -0.25) is 14.4 Å². The second-order valence-electron chi connectivity index (χ2n) is 5.38. The molecule has 2 N–H and O–H groups in total. The van der Waals surface area contributed by atoms with Crippen LogP contribution in [0.1, 0.15) is 12.6 Å². The second kappa shape index (κ2) is 6.96. The number of fused-ring (bicyclic) bond motifs is 1. The number of rotatable bonds is 4. The largest absolute Gasteiger partial charge is 0.427 e. The fourth-order valence-corrected chi connectivity index (χ4v) is 2.35. The lowest BCUT2D eigenvalue weighted by Gasteiger charge is -2.07. The number of hydrogen-bond donors (Lipinski definition) is 2. The van der Waals surface area contributed by atoms with E-state index in [4.69, 9.17) is 4.74 Å². The first-order chi connectivity index (χ1) is 12.0. The second-order valence-corrected chi connectivity index (χ2v) is 5.38. The molecule has 2 aromatic carbocycles. The summed E-state index contributed by atoms with van der Waals surface area (Å²) in [6.07, 6.45) is -0.169. The molecule has 0 aliphatic carbocycles. The van der Waals surface area contributed by atoms with Gasteiger partial charge in [0.15, 0.2) is 0 Å². The highest BCUT2D eigenvalue weighted by Crippen LogP contribution is 2.17. The zero-order chi connectivity index (χ0) is 17.8. The van der Waals surface area contributed by atoms with Crippen molar-refractivity contribution in [2.24, 2.45) is 0 Å². The molecule has 1 aromatic heterocycles. The van der Waals surface area contributed by atoms with Crippen LogP contribution in [-0.2, 0) is 16.0 Å². The molecule has 7 nitrogen and oxygen atoms in total. The molecule has 7 heteroatoms. The third-order valence-corrected chi connectivity index (χ3v) is 3.38. The lowest BCUT2D eigenvalue weighted by atomic mass is 10.2. The van der Waals surface area contributed by atoms with Crippen molar-refractivity contribution >= 4 is 28.6 Å². The highest BCUT2D eigenvalue weighted by Gasteiger charge is 2.11. The zero-order valence-electron chi connectivity index (χ0n) is 13.4. The molecule has 0 spiro atoms. The molecule has 0 aliphatic rings. The van der Waals surface area contributed by atoms with Crippen LogP contribution in [0.15, 0.2) is 53.3 Å². The molecule has 0 saturated heterocycles. The predicted octanol–water partition coefficient (Wildman–Crippen LogP) is 2.03. The minimum absolute atomic E-state index is 0.132. The summed E-state index contributed by atoms with van der Waals surface area (Å²) in [6.45, 7) is 1.29. The van der Waals surface area contributed by atoms with Gasteiger partial charge in [-0.25, -0.2) is 4.98 Å². The monoisotopic (exact) mass is 337 g/mol. The summed E-state index contributed by atoms with van der Waals surface area (Å²) in [6, 6.07) is 13.5. The van der Waals surface area contributed by atoms with Crippen LogP contribution in [0.5, 0.6) is 5.75 Å². The Morgan fingerprint density at radius 2 is 1.96 bits per heavy atom. The first-order valence-electron chi connectivity index (χ1n) is 7.57. The van der Waals surface area contributed by atoms with Crippen LogP contribution in [0.4, 0.5) is 5.69 Å². The Kier molecular flexibility index (Phi) is 4.56. The molecular formula is C18H15N3O4. The number of anilines is 1. The van der Waals surface area contributed by atoms with Crippen molar-refractivity contribution in [3.63, 3.8) is 0 Å². The number of para-hydroxylation sites is 2. The summed E-state index contributed by atoms with van der Waals surface area (Å²) in [5.41, 5.74) is 1.42. The van der Waals surface area contributed by atoms with Gasteiger partial charge in [-0.05, 0) is 24.3 Å². The van der Waals surface area contributed by atoms with Crippen molar-refractivity contribution in [2.75, 3.05) is 5.32 Å². The number of carbonyl (C=O) groups is 2. The van der Waals surface area contributed by atoms with E-state index in [1.54, 1.807) is 42.5 Å². The van der Waals surface area contributed by atoms with Crippen molar-refractivity contribution in [3.8, 4) is 5.75 Å². The normalized spacial score (nSPS) is 10.4. The molecule has 0 radical (unpaired) electrons. The maximum Gasteiger partial charge on any atom is 0.308 e. The highest BCUT2D eigenvalue weighted by atomic mass is 16.5. The van der Waals surface area contributed by atoms with Gasteiger partial charge in [0.1, 0.15) is 11.4 Å². The number of esters is 1. The summed E-state index contributed by atoms with van der Waals surface area (Å²) in [5.74, 6) is -0.518. The molecule has 1 heterocycles. The van der Waals surface area contributed by atoms with Gasteiger partial charge in [-0.1, -0.05) is 18.2 Å². The third-order valence-electron chi connectivity index (χ3n) is 3.38. The summed E-state index contributed by atoms with van der Waals surface area (Å²) in [5, 5.41) is 2.66. The maximum absolute atomic E-state index is 12.2. The zero-order valence-corrected chi connectivity index (χ0v) is 13.4. The number of aromatic amines is 1. The maximum atomic E-state index is 12.2. The molecule has 0 saturated carbocycles. The van der Waals surface area contributed by atoms with Crippen molar-refractivity contribution in [3.05, 3.63) is 64.6 Å². The van der Waals surface area contributed by atoms with Crippen molar-refractivity contribution in [1.29, 1.82) is 0 Å². The van der Waals surface area contributed by atoms with Crippen LogP contribution in [0, 0.1) is 0 Å². The summed E-state index contributed by atoms with van der Waals surface area (Å²) >= 11 is 0. The van der Waals surface area contributed by atoms with Crippen LogP contribution < -0.4 is 15.6 Å². The molecule has 0 unspecified atom stereocenters. The quantitative estimate of drug-likeness (QED) is 0.560. The van der Waals surface area contributed by atoms with E-state index in [1.165, 1.54) is 13.0 Å². The molecule has 0 bridgehead atoms. The lowest BCUT2D eigenvalue weighted by Crippen LogP contribution is -2.22. The molecule has 0 atom stereocenters. The standard InChI is InChI=1S/C18H15N3O4/c1-11(22)25-13-6-4-5-12(9-13)19-17(23)10-16-18(24)21-15-8-3-2-7-14(15)20-16/h2-9H,10H2,1H3,(H,19,23)(H,21,24). The molecule has 0 aliphatic heterocycles. The summed E-state index contributed by atoms with van der Waals surface area (Å²) in [7, 11) is 0. The van der Waals surface area contributed by atoms with Crippen LogP contribution in [-0.4, -0.2) is 21.8 Å². The Hall–Kier alpha value is -3.48. The Balaban J connectivity index is 1.76. The van der Waals surface area contributed by atoms with E-state index in [2.05, 4.69) is 15.3 Å². The van der Waals surface area contributed by atoms with Crippen LogP contribution in [0.2, 0.25) is 0 Å². The van der Waals surface area contributed by atoms with E-state index in [9.17, 15) is 14.4 Å². The van der Waals surface area contributed by atoms with E-state index in [0.29, 0.717) is 22.5 Å². The van der Waals surface area contributed by atoms with Crippen LogP contribution in [0.25, 0.3) is 11.0 Å². The topological polar surface area (TPSA) is 101 Å². The highest BCUT2D eigenvalue weighted by molar-refractivity contribution is 5.92. The van der Waals surface area contributed by atoms with E-state index in [-0.39, 0.29) is 12.1 Å². The SMILES string of the molecule is CC(=O)Oc1cccc(NC(=O)Cc2nc3ccccc3[nH]c2=O)c1. The minimum atomic E-state index is -0.449.